The summed E-state index contributed by atoms with van der Waals surface area (Å²) in [7, 11) is 0. The molecule has 0 aromatic carbocycles. The second-order valence-electron chi connectivity index (χ2n) is 7.81. The summed E-state index contributed by atoms with van der Waals surface area (Å²) in [4.78, 5) is 28.3. The summed E-state index contributed by atoms with van der Waals surface area (Å²) in [6, 6.07) is 3.00. The number of nitrogens with zero attached hydrogens (tertiary/aromatic N) is 5. The lowest BCUT2D eigenvalue weighted by Crippen LogP contribution is -2.33. The third-order valence-corrected chi connectivity index (χ3v) is 6.42. The number of hydrogen-bond acceptors (Lipinski definition) is 14. The van der Waals surface area contributed by atoms with E-state index in [1.165, 1.54) is 29.2 Å². The van der Waals surface area contributed by atoms with Crippen molar-refractivity contribution in [3.8, 4) is 5.88 Å². The highest BCUT2D eigenvalue weighted by Crippen LogP contribution is 2.36. The Morgan fingerprint density at radius 1 is 1.28 bits per heavy atom. The molecular formula is C21H26N6O8S. The summed E-state index contributed by atoms with van der Waals surface area (Å²) in [5.74, 6) is -0.0512. The van der Waals surface area contributed by atoms with Gasteiger partial charge >= 0.3 is 5.97 Å². The minimum atomic E-state index is -1.37. The maximum Gasteiger partial charge on any atom is 0.339 e. The number of imidazole rings is 1. The number of carbonyl (C=O) groups excluding carboxylic acids is 1. The fourth-order valence-electron chi connectivity index (χ4n) is 3.53. The summed E-state index contributed by atoms with van der Waals surface area (Å²) in [5, 5.41) is 40.9. The van der Waals surface area contributed by atoms with E-state index in [0.717, 1.165) is 11.8 Å². The average Bonchev–Trinajstić information content (AvgIpc) is 3.39. The second-order valence-corrected chi connectivity index (χ2v) is 8.79. The summed E-state index contributed by atoms with van der Waals surface area (Å²) in [6.45, 7) is 1.36. The number of anilines is 1. The van der Waals surface area contributed by atoms with E-state index in [2.05, 4.69) is 19.9 Å². The van der Waals surface area contributed by atoms with Gasteiger partial charge < -0.3 is 40.4 Å². The Bertz CT molecular complexity index is 1200. The van der Waals surface area contributed by atoms with Crippen LogP contribution >= 0.6 is 11.8 Å². The van der Waals surface area contributed by atoms with E-state index >= 15 is 0 Å². The maximum absolute atomic E-state index is 11.7. The van der Waals surface area contributed by atoms with Gasteiger partial charge in [-0.1, -0.05) is 11.8 Å². The van der Waals surface area contributed by atoms with Gasteiger partial charge in [0.15, 0.2) is 28.4 Å². The number of fused-ring (bicyclic) bond motifs is 1. The number of thioether (sulfide) groups is 1. The molecule has 15 heteroatoms. The maximum atomic E-state index is 11.7. The Morgan fingerprint density at radius 2 is 2.08 bits per heavy atom. The molecule has 5 atom stereocenters. The van der Waals surface area contributed by atoms with Crippen molar-refractivity contribution in [1.29, 1.82) is 0 Å². The molecule has 3 aromatic heterocycles. The molecule has 3 aromatic rings. The van der Waals surface area contributed by atoms with Crippen molar-refractivity contribution >= 4 is 34.7 Å². The normalized spacial score (nSPS) is 22.6. The van der Waals surface area contributed by atoms with E-state index in [0.29, 0.717) is 5.16 Å². The molecule has 0 amide bonds. The van der Waals surface area contributed by atoms with Gasteiger partial charge in [0.2, 0.25) is 5.88 Å². The van der Waals surface area contributed by atoms with Gasteiger partial charge in [0.1, 0.15) is 31.2 Å². The van der Waals surface area contributed by atoms with Crippen molar-refractivity contribution in [2.24, 2.45) is 0 Å². The predicted molar refractivity (Wildman–Crippen MR) is 125 cm³/mol. The van der Waals surface area contributed by atoms with Crippen molar-refractivity contribution in [1.82, 2.24) is 24.5 Å². The first-order chi connectivity index (χ1) is 17.3. The molecule has 4 heterocycles. The third-order valence-electron chi connectivity index (χ3n) is 5.32. The van der Waals surface area contributed by atoms with E-state index < -0.39 is 43.2 Å². The monoisotopic (exact) mass is 522 g/mol. The fraction of sp³-hybridized carbons (Fsp3) is 0.476. The number of aromatic nitrogens is 5. The minimum Gasteiger partial charge on any atom is -0.475 e. The van der Waals surface area contributed by atoms with E-state index in [-0.39, 0.29) is 47.4 Å². The SMILES string of the molecule is CCOC(=O)c1ccc(OC[C@@H](O)CSc2nc3c(N)ncnc3n2[C@@H]2O[C@H](CO)[C@@H](O)[C@H]2O)nc1. The molecule has 0 bridgehead atoms. The Kier molecular flexibility index (Phi) is 8.17. The zero-order valence-electron chi connectivity index (χ0n) is 19.2. The number of nitrogen functional groups attached to an aromatic ring is 1. The van der Waals surface area contributed by atoms with E-state index in [4.69, 9.17) is 19.9 Å². The summed E-state index contributed by atoms with van der Waals surface area (Å²) >= 11 is 1.12. The molecule has 1 aliphatic heterocycles. The lowest BCUT2D eigenvalue weighted by molar-refractivity contribution is -0.0548. The highest BCUT2D eigenvalue weighted by molar-refractivity contribution is 7.99. The van der Waals surface area contributed by atoms with Crippen LogP contribution in [0, 0.1) is 0 Å². The first-order valence-electron chi connectivity index (χ1n) is 11.0. The van der Waals surface area contributed by atoms with Crippen molar-refractivity contribution in [2.75, 3.05) is 31.3 Å². The summed E-state index contributed by atoms with van der Waals surface area (Å²) in [5.41, 5.74) is 6.74. The molecule has 194 valence electrons. The van der Waals surface area contributed by atoms with Gasteiger partial charge in [0, 0.05) is 18.0 Å². The first kappa shape index (κ1) is 26.0. The number of pyridine rings is 1. The van der Waals surface area contributed by atoms with Crippen molar-refractivity contribution < 1.29 is 39.4 Å². The summed E-state index contributed by atoms with van der Waals surface area (Å²) < 4.78 is 17.5. The van der Waals surface area contributed by atoms with Crippen LogP contribution in [0.2, 0.25) is 0 Å². The number of esters is 1. The summed E-state index contributed by atoms with van der Waals surface area (Å²) in [6.07, 6.45) is -3.19. The average molecular weight is 523 g/mol. The standard InChI is InChI=1S/C21H26N6O8S/c1-2-33-20(32)10-3-4-13(23-5-10)34-7-11(29)8-36-21-26-14-17(22)24-9-25-18(14)27(21)19-16(31)15(30)12(6-28)35-19/h3-5,9,11-12,15-16,19,28-31H,2,6-8H2,1H3,(H2,22,24,25)/t11-,12-,15-,16-,19-/m1/s1. The van der Waals surface area contributed by atoms with Gasteiger partial charge in [-0.25, -0.2) is 24.7 Å². The molecule has 4 rings (SSSR count). The van der Waals surface area contributed by atoms with Crippen LogP contribution < -0.4 is 10.5 Å². The van der Waals surface area contributed by atoms with Crippen LogP contribution in [-0.2, 0) is 9.47 Å². The molecule has 0 radical (unpaired) electrons. The number of ether oxygens (including phenoxy) is 3. The molecule has 1 saturated heterocycles. The lowest BCUT2D eigenvalue weighted by atomic mass is 10.1. The number of hydrogen-bond donors (Lipinski definition) is 5. The molecule has 1 fully saturated rings. The first-order valence-corrected chi connectivity index (χ1v) is 12.0. The van der Waals surface area contributed by atoms with Gasteiger partial charge in [0.25, 0.3) is 0 Å². The molecule has 6 N–H and O–H groups in total. The predicted octanol–water partition coefficient (Wildman–Crippen LogP) is -0.876. The largest absolute Gasteiger partial charge is 0.475 e. The smallest absolute Gasteiger partial charge is 0.339 e. The molecule has 0 aliphatic carbocycles. The minimum absolute atomic E-state index is 0.102. The van der Waals surface area contributed by atoms with Crippen LogP contribution in [0.4, 0.5) is 5.82 Å². The van der Waals surface area contributed by atoms with E-state index in [1.54, 1.807) is 6.92 Å². The molecule has 1 aliphatic rings. The molecule has 14 nitrogen and oxygen atoms in total. The highest BCUT2D eigenvalue weighted by atomic mass is 32.2. The molecule has 0 saturated carbocycles. The van der Waals surface area contributed by atoms with Crippen molar-refractivity contribution in [3.63, 3.8) is 0 Å². The van der Waals surface area contributed by atoms with E-state index in [9.17, 15) is 25.2 Å². The second kappa shape index (κ2) is 11.3. The number of rotatable bonds is 10. The molecule has 0 unspecified atom stereocenters. The van der Waals surface area contributed by atoms with Crippen LogP contribution in [0.15, 0.2) is 29.8 Å². The van der Waals surface area contributed by atoms with Gasteiger partial charge in [-0.15, -0.1) is 0 Å². The number of aliphatic hydroxyl groups excluding tert-OH is 4. The Hall–Kier alpha value is -3.08. The Labute approximate surface area is 209 Å². The number of aliphatic hydroxyl groups is 4. The molecular weight excluding hydrogens is 496 g/mol. The fourth-order valence-corrected chi connectivity index (χ4v) is 4.45. The molecule has 0 spiro atoms. The zero-order valence-corrected chi connectivity index (χ0v) is 20.0. The van der Waals surface area contributed by atoms with Gasteiger partial charge in [-0.2, -0.15) is 0 Å². The van der Waals surface area contributed by atoms with Crippen LogP contribution in [0.25, 0.3) is 11.2 Å². The van der Waals surface area contributed by atoms with Crippen LogP contribution in [0.3, 0.4) is 0 Å². The number of nitrogens with two attached hydrogens (primary N) is 1. The van der Waals surface area contributed by atoms with Crippen LogP contribution in [0.5, 0.6) is 5.88 Å². The van der Waals surface area contributed by atoms with Gasteiger partial charge in [0.05, 0.1) is 24.9 Å². The van der Waals surface area contributed by atoms with Crippen LogP contribution in [0.1, 0.15) is 23.5 Å². The highest BCUT2D eigenvalue weighted by Gasteiger charge is 2.45. The third kappa shape index (κ3) is 5.35. The lowest BCUT2D eigenvalue weighted by Gasteiger charge is -2.19. The molecule has 36 heavy (non-hydrogen) atoms. The van der Waals surface area contributed by atoms with Crippen molar-refractivity contribution in [3.05, 3.63) is 30.2 Å². The van der Waals surface area contributed by atoms with Crippen LogP contribution in [-0.4, -0.2) is 101 Å². The zero-order chi connectivity index (χ0) is 25.8. The quantitative estimate of drug-likeness (QED) is 0.162. The topological polar surface area (TPSA) is 208 Å². The number of carbonyl (C=O) groups is 1. The van der Waals surface area contributed by atoms with Gasteiger partial charge in [-0.05, 0) is 13.0 Å². The Morgan fingerprint density at radius 3 is 2.75 bits per heavy atom. The van der Waals surface area contributed by atoms with Crippen molar-refractivity contribution in [2.45, 2.75) is 42.7 Å². The van der Waals surface area contributed by atoms with E-state index in [1.807, 2.05) is 0 Å². The van der Waals surface area contributed by atoms with Gasteiger partial charge in [-0.3, -0.25) is 4.57 Å². The Balaban J connectivity index is 1.44.